The van der Waals surface area contributed by atoms with Gasteiger partial charge in [-0.25, -0.2) is 0 Å². The summed E-state index contributed by atoms with van der Waals surface area (Å²) in [4.78, 5) is 3.97. The van der Waals surface area contributed by atoms with Crippen LogP contribution in [0.1, 0.15) is 24.6 Å². The Labute approximate surface area is 110 Å². The fourth-order valence-electron chi connectivity index (χ4n) is 2.31. The number of nitrogens with two attached hydrogens (primary N) is 1. The zero-order valence-corrected chi connectivity index (χ0v) is 12.1. The van der Waals surface area contributed by atoms with Crippen LogP contribution in [0.3, 0.4) is 0 Å². The van der Waals surface area contributed by atoms with Crippen LogP contribution in [0.25, 0.3) is 0 Å². The van der Waals surface area contributed by atoms with E-state index in [1.165, 1.54) is 28.7 Å². The Balaban J connectivity index is 1.93. The highest BCUT2D eigenvalue weighted by molar-refractivity contribution is 9.10. The first-order valence-corrected chi connectivity index (χ1v) is 7.54. The van der Waals surface area contributed by atoms with Gasteiger partial charge >= 0.3 is 0 Å². The van der Waals surface area contributed by atoms with E-state index in [9.17, 15) is 0 Å². The number of nitrogens with zero attached hydrogens (tertiary/aromatic N) is 1. The van der Waals surface area contributed by atoms with Gasteiger partial charge in [-0.1, -0.05) is 0 Å². The summed E-state index contributed by atoms with van der Waals surface area (Å²) < 4.78 is 1.25. The van der Waals surface area contributed by atoms with Crippen molar-refractivity contribution in [2.45, 2.75) is 32.4 Å². The maximum atomic E-state index is 6.00. The van der Waals surface area contributed by atoms with Gasteiger partial charge in [0.15, 0.2) is 0 Å². The van der Waals surface area contributed by atoms with Crippen LogP contribution in [-0.2, 0) is 6.54 Å². The molecule has 2 N–H and O–H groups in total. The predicted octanol–water partition coefficient (Wildman–Crippen LogP) is 3.07. The summed E-state index contributed by atoms with van der Waals surface area (Å²) in [6, 6.07) is 2.46. The number of likely N-dealkylation sites (tertiary alicyclic amines) is 1. The molecule has 16 heavy (non-hydrogen) atoms. The van der Waals surface area contributed by atoms with E-state index < -0.39 is 0 Å². The van der Waals surface area contributed by atoms with Gasteiger partial charge < -0.3 is 5.73 Å². The van der Waals surface area contributed by atoms with Gasteiger partial charge in [0, 0.05) is 28.5 Å². The maximum Gasteiger partial charge on any atom is 0.0339 e. The van der Waals surface area contributed by atoms with Crippen molar-refractivity contribution in [1.82, 2.24) is 4.90 Å². The Morgan fingerprint density at radius 1 is 1.69 bits per heavy atom. The van der Waals surface area contributed by atoms with Crippen LogP contribution in [0.15, 0.2) is 15.9 Å². The van der Waals surface area contributed by atoms with Crippen molar-refractivity contribution in [2.75, 3.05) is 13.1 Å². The largest absolute Gasteiger partial charge is 0.328 e. The van der Waals surface area contributed by atoms with Gasteiger partial charge in [-0.2, -0.15) is 0 Å². The Bertz CT molecular complexity index is 338. The maximum absolute atomic E-state index is 6.00. The first-order chi connectivity index (χ1) is 7.66. The molecule has 0 spiro atoms. The highest BCUT2D eigenvalue weighted by atomic mass is 79.9. The third-order valence-corrected chi connectivity index (χ3v) is 5.25. The Morgan fingerprint density at radius 3 is 3.12 bits per heavy atom. The quantitative estimate of drug-likeness (QED) is 0.930. The standard InChI is InChI=1S/C12H19BrN2S/c1-9(14)10-3-2-5-15(7-10)8-12-11(13)4-6-16-12/h4,6,9-10H,2-3,5,7-8,14H2,1H3. The summed E-state index contributed by atoms with van der Waals surface area (Å²) in [6.45, 7) is 5.58. The van der Waals surface area contributed by atoms with Gasteiger partial charge in [-0.15, -0.1) is 11.3 Å². The van der Waals surface area contributed by atoms with E-state index in [0.717, 1.165) is 13.1 Å². The molecule has 1 aliphatic heterocycles. The smallest absolute Gasteiger partial charge is 0.0339 e. The molecule has 0 amide bonds. The van der Waals surface area contributed by atoms with Gasteiger partial charge in [0.1, 0.15) is 0 Å². The third kappa shape index (κ3) is 3.06. The van der Waals surface area contributed by atoms with Crippen LogP contribution >= 0.6 is 27.3 Å². The van der Waals surface area contributed by atoms with Crippen LogP contribution in [0, 0.1) is 5.92 Å². The van der Waals surface area contributed by atoms with Gasteiger partial charge in [0.25, 0.3) is 0 Å². The lowest BCUT2D eigenvalue weighted by molar-refractivity contribution is 0.155. The second-order valence-corrected chi connectivity index (χ2v) is 6.54. The van der Waals surface area contributed by atoms with Crippen molar-refractivity contribution in [3.05, 3.63) is 20.8 Å². The summed E-state index contributed by atoms with van der Waals surface area (Å²) in [5.74, 6) is 0.674. The van der Waals surface area contributed by atoms with Gasteiger partial charge in [-0.05, 0) is 59.6 Å². The second kappa shape index (κ2) is 5.63. The van der Waals surface area contributed by atoms with Gasteiger partial charge in [0.05, 0.1) is 0 Å². The number of halogens is 1. The molecular formula is C12H19BrN2S. The molecular weight excluding hydrogens is 284 g/mol. The summed E-state index contributed by atoms with van der Waals surface area (Å²) in [7, 11) is 0. The molecule has 1 aromatic heterocycles. The van der Waals surface area contributed by atoms with E-state index in [1.54, 1.807) is 0 Å². The fraction of sp³-hybridized carbons (Fsp3) is 0.667. The Morgan fingerprint density at radius 2 is 2.50 bits per heavy atom. The molecule has 1 saturated heterocycles. The van der Waals surface area contributed by atoms with E-state index in [1.807, 2.05) is 11.3 Å². The topological polar surface area (TPSA) is 29.3 Å². The van der Waals surface area contributed by atoms with E-state index in [2.05, 4.69) is 39.2 Å². The molecule has 2 rings (SSSR count). The molecule has 0 aliphatic carbocycles. The molecule has 0 bridgehead atoms. The van der Waals surface area contributed by atoms with Crippen LogP contribution in [-0.4, -0.2) is 24.0 Å². The molecule has 2 atom stereocenters. The number of hydrogen-bond donors (Lipinski definition) is 1. The lowest BCUT2D eigenvalue weighted by Gasteiger charge is -2.34. The Kier molecular flexibility index (Phi) is 4.41. The van der Waals surface area contributed by atoms with Gasteiger partial charge in [0.2, 0.25) is 0 Å². The van der Waals surface area contributed by atoms with Crippen LogP contribution in [0.2, 0.25) is 0 Å². The molecule has 0 radical (unpaired) electrons. The second-order valence-electron chi connectivity index (χ2n) is 4.69. The molecule has 2 heterocycles. The number of hydrogen-bond acceptors (Lipinski definition) is 3. The molecule has 0 saturated carbocycles. The molecule has 2 nitrogen and oxygen atoms in total. The summed E-state index contributed by atoms with van der Waals surface area (Å²) in [6.07, 6.45) is 2.58. The average Bonchev–Trinajstić information content (AvgIpc) is 2.65. The Hall–Kier alpha value is 0.100. The normalized spacial score (nSPS) is 24.6. The minimum atomic E-state index is 0.328. The molecule has 90 valence electrons. The van der Waals surface area contributed by atoms with Crippen molar-refractivity contribution >= 4 is 27.3 Å². The molecule has 1 fully saturated rings. The van der Waals surface area contributed by atoms with Crippen molar-refractivity contribution < 1.29 is 0 Å². The molecule has 4 heteroatoms. The van der Waals surface area contributed by atoms with Crippen LogP contribution < -0.4 is 5.73 Å². The predicted molar refractivity (Wildman–Crippen MR) is 73.7 cm³/mol. The van der Waals surface area contributed by atoms with Crippen molar-refractivity contribution in [3.8, 4) is 0 Å². The summed E-state index contributed by atoms with van der Waals surface area (Å²) in [5, 5.41) is 2.15. The molecule has 0 aromatic carbocycles. The number of rotatable bonds is 3. The zero-order chi connectivity index (χ0) is 11.5. The lowest BCUT2D eigenvalue weighted by atomic mass is 9.92. The molecule has 1 aromatic rings. The van der Waals surface area contributed by atoms with E-state index in [4.69, 9.17) is 5.73 Å². The fourth-order valence-corrected chi connectivity index (χ4v) is 3.82. The van der Waals surface area contributed by atoms with E-state index >= 15 is 0 Å². The van der Waals surface area contributed by atoms with Crippen molar-refractivity contribution in [3.63, 3.8) is 0 Å². The molecule has 2 unspecified atom stereocenters. The summed E-state index contributed by atoms with van der Waals surface area (Å²) >= 11 is 5.43. The highest BCUT2D eigenvalue weighted by Gasteiger charge is 2.23. The monoisotopic (exact) mass is 302 g/mol. The average molecular weight is 303 g/mol. The van der Waals surface area contributed by atoms with E-state index in [-0.39, 0.29) is 0 Å². The number of piperidine rings is 1. The molecule has 1 aliphatic rings. The van der Waals surface area contributed by atoms with Crippen molar-refractivity contribution in [2.24, 2.45) is 11.7 Å². The first kappa shape index (κ1) is 12.6. The summed E-state index contributed by atoms with van der Waals surface area (Å²) in [5.41, 5.74) is 6.00. The minimum Gasteiger partial charge on any atom is -0.328 e. The van der Waals surface area contributed by atoms with Crippen molar-refractivity contribution in [1.29, 1.82) is 0 Å². The first-order valence-electron chi connectivity index (χ1n) is 5.86. The van der Waals surface area contributed by atoms with Crippen LogP contribution in [0.4, 0.5) is 0 Å². The zero-order valence-electron chi connectivity index (χ0n) is 9.66. The highest BCUT2D eigenvalue weighted by Crippen LogP contribution is 2.27. The third-order valence-electron chi connectivity index (χ3n) is 3.34. The minimum absolute atomic E-state index is 0.328. The van der Waals surface area contributed by atoms with Gasteiger partial charge in [-0.3, -0.25) is 4.90 Å². The number of thiophene rings is 1. The lowest BCUT2D eigenvalue weighted by Crippen LogP contribution is -2.41. The van der Waals surface area contributed by atoms with Crippen LogP contribution in [0.5, 0.6) is 0 Å². The SMILES string of the molecule is CC(N)C1CCCN(Cc2sccc2Br)C1. The van der Waals surface area contributed by atoms with E-state index in [0.29, 0.717) is 12.0 Å².